The average Bonchev–Trinajstić information content (AvgIpc) is 3.38. The normalized spacial score (nSPS) is 25.4. The lowest BCUT2D eigenvalue weighted by atomic mass is 9.88. The molecule has 0 radical (unpaired) electrons. The Labute approximate surface area is 173 Å². The molecule has 0 bridgehead atoms. The standard InChI is InChI=1S/C21H20N4O4S/c26-18-9-10-21(24-18,20-22-15-3-1-2-4-16(15)23-20)12-13-5-7-14(8-6-13)17-11-19(27)25-30(17,28)29/h1-8,17H,9-12H2,(H,22,23)(H,24,26)(H,25,27). The second kappa shape index (κ2) is 6.66. The molecular formula is C21H20N4O4S. The molecule has 154 valence electrons. The predicted octanol–water partition coefficient (Wildman–Crippen LogP) is 1.80. The number of aromatic amines is 1. The third-order valence-electron chi connectivity index (χ3n) is 5.86. The van der Waals surface area contributed by atoms with Gasteiger partial charge in [-0.15, -0.1) is 0 Å². The van der Waals surface area contributed by atoms with Crippen LogP contribution in [-0.2, 0) is 31.6 Å². The molecule has 0 spiro atoms. The average molecular weight is 424 g/mol. The van der Waals surface area contributed by atoms with E-state index in [0.717, 1.165) is 16.6 Å². The number of nitrogens with one attached hydrogen (secondary N) is 3. The van der Waals surface area contributed by atoms with Crippen LogP contribution >= 0.6 is 0 Å². The summed E-state index contributed by atoms with van der Waals surface area (Å²) in [4.78, 5) is 31.7. The number of benzene rings is 2. The number of hydrogen-bond acceptors (Lipinski definition) is 5. The molecule has 0 saturated carbocycles. The minimum atomic E-state index is -3.67. The van der Waals surface area contributed by atoms with Gasteiger partial charge in [0.15, 0.2) is 0 Å². The van der Waals surface area contributed by atoms with Crippen LogP contribution in [-0.4, -0.2) is 30.2 Å². The predicted molar refractivity (Wildman–Crippen MR) is 110 cm³/mol. The van der Waals surface area contributed by atoms with Crippen molar-refractivity contribution in [2.24, 2.45) is 0 Å². The van der Waals surface area contributed by atoms with E-state index in [1.54, 1.807) is 12.1 Å². The Kier molecular flexibility index (Phi) is 4.18. The zero-order valence-electron chi connectivity index (χ0n) is 16.0. The first-order valence-corrected chi connectivity index (χ1v) is 11.3. The first kappa shape index (κ1) is 18.8. The summed E-state index contributed by atoms with van der Waals surface area (Å²) in [7, 11) is -3.67. The Bertz CT molecular complexity index is 1230. The maximum atomic E-state index is 12.1. The van der Waals surface area contributed by atoms with Crippen LogP contribution < -0.4 is 10.0 Å². The second-order valence-electron chi connectivity index (χ2n) is 7.91. The fraction of sp³-hybridized carbons (Fsp3) is 0.286. The Morgan fingerprint density at radius 3 is 2.43 bits per heavy atom. The molecule has 3 aromatic rings. The number of aromatic nitrogens is 2. The number of H-pyrrole nitrogens is 1. The SMILES string of the molecule is O=C1CCC(Cc2ccc(C3CC(=O)NS3(=O)=O)cc2)(c2nc3ccccc3[nH]2)N1. The summed E-state index contributed by atoms with van der Waals surface area (Å²) in [6.07, 6.45) is 1.49. The molecular weight excluding hydrogens is 404 g/mol. The Balaban J connectivity index is 1.46. The van der Waals surface area contributed by atoms with Gasteiger partial charge in [0.1, 0.15) is 16.6 Å². The van der Waals surface area contributed by atoms with Gasteiger partial charge < -0.3 is 10.3 Å². The van der Waals surface area contributed by atoms with Crippen molar-refractivity contribution in [1.29, 1.82) is 0 Å². The zero-order valence-corrected chi connectivity index (χ0v) is 16.8. The Morgan fingerprint density at radius 2 is 1.80 bits per heavy atom. The van der Waals surface area contributed by atoms with E-state index in [-0.39, 0.29) is 12.3 Å². The molecule has 2 unspecified atom stereocenters. The summed E-state index contributed by atoms with van der Waals surface area (Å²) in [5.74, 6) is 0.210. The summed E-state index contributed by atoms with van der Waals surface area (Å²) in [5, 5.41) is 2.23. The number of sulfonamides is 1. The van der Waals surface area contributed by atoms with E-state index < -0.39 is 26.7 Å². The van der Waals surface area contributed by atoms with Gasteiger partial charge in [-0.05, 0) is 29.7 Å². The number of nitrogens with zero attached hydrogens (tertiary/aromatic N) is 1. The molecule has 3 heterocycles. The first-order valence-electron chi connectivity index (χ1n) is 9.74. The topological polar surface area (TPSA) is 121 Å². The Hall–Kier alpha value is -3.20. The molecule has 2 amide bonds. The van der Waals surface area contributed by atoms with E-state index >= 15 is 0 Å². The lowest BCUT2D eigenvalue weighted by Gasteiger charge is -2.27. The van der Waals surface area contributed by atoms with Crippen molar-refractivity contribution in [2.75, 3.05) is 0 Å². The molecule has 2 aliphatic rings. The van der Waals surface area contributed by atoms with Crippen LogP contribution in [0.5, 0.6) is 0 Å². The summed E-state index contributed by atoms with van der Waals surface area (Å²) in [6, 6.07) is 14.9. The van der Waals surface area contributed by atoms with Gasteiger partial charge >= 0.3 is 0 Å². The van der Waals surface area contributed by atoms with Crippen LogP contribution in [0.1, 0.15) is 41.5 Å². The number of imidazole rings is 1. The number of carbonyl (C=O) groups is 2. The van der Waals surface area contributed by atoms with Gasteiger partial charge in [-0.2, -0.15) is 0 Å². The van der Waals surface area contributed by atoms with E-state index in [1.807, 2.05) is 41.1 Å². The summed E-state index contributed by atoms with van der Waals surface area (Å²) < 4.78 is 26.2. The molecule has 2 atom stereocenters. The van der Waals surface area contributed by atoms with Crippen molar-refractivity contribution in [3.05, 3.63) is 65.5 Å². The zero-order chi connectivity index (χ0) is 20.9. The van der Waals surface area contributed by atoms with Gasteiger partial charge in [0.05, 0.1) is 17.5 Å². The molecule has 0 aliphatic carbocycles. The van der Waals surface area contributed by atoms with Crippen molar-refractivity contribution in [1.82, 2.24) is 20.0 Å². The number of rotatable bonds is 4. The highest BCUT2D eigenvalue weighted by Gasteiger charge is 2.42. The molecule has 3 N–H and O–H groups in total. The van der Waals surface area contributed by atoms with Gasteiger partial charge in [0, 0.05) is 12.8 Å². The monoisotopic (exact) mass is 424 g/mol. The van der Waals surface area contributed by atoms with E-state index in [4.69, 9.17) is 4.98 Å². The van der Waals surface area contributed by atoms with Crippen LogP contribution in [0.25, 0.3) is 11.0 Å². The molecule has 2 saturated heterocycles. The third-order valence-corrected chi connectivity index (χ3v) is 7.56. The van der Waals surface area contributed by atoms with Gasteiger partial charge in [-0.3, -0.25) is 14.3 Å². The number of carbonyl (C=O) groups excluding carboxylic acids is 2. The highest BCUT2D eigenvalue weighted by Crippen LogP contribution is 2.35. The van der Waals surface area contributed by atoms with Crippen LogP contribution in [0.4, 0.5) is 0 Å². The van der Waals surface area contributed by atoms with Crippen molar-refractivity contribution < 1.29 is 18.0 Å². The summed E-state index contributed by atoms with van der Waals surface area (Å²) in [5.41, 5.74) is 2.62. The lowest BCUT2D eigenvalue weighted by molar-refractivity contribution is -0.120. The smallest absolute Gasteiger partial charge is 0.242 e. The van der Waals surface area contributed by atoms with Crippen molar-refractivity contribution >= 4 is 32.9 Å². The van der Waals surface area contributed by atoms with E-state index in [2.05, 4.69) is 10.3 Å². The largest absolute Gasteiger partial charge is 0.343 e. The van der Waals surface area contributed by atoms with Crippen molar-refractivity contribution in [3.8, 4) is 0 Å². The Morgan fingerprint density at radius 1 is 1.03 bits per heavy atom. The van der Waals surface area contributed by atoms with Gasteiger partial charge in [0.25, 0.3) is 0 Å². The van der Waals surface area contributed by atoms with Gasteiger partial charge in [0.2, 0.25) is 21.8 Å². The summed E-state index contributed by atoms with van der Waals surface area (Å²) in [6.45, 7) is 0. The molecule has 2 aliphatic heterocycles. The van der Waals surface area contributed by atoms with Gasteiger partial charge in [-0.25, -0.2) is 13.4 Å². The third kappa shape index (κ3) is 3.15. The molecule has 9 heteroatoms. The molecule has 2 fully saturated rings. The van der Waals surface area contributed by atoms with Crippen LogP contribution in [0.3, 0.4) is 0 Å². The maximum absolute atomic E-state index is 12.1. The second-order valence-corrected chi connectivity index (χ2v) is 9.78. The minimum Gasteiger partial charge on any atom is -0.343 e. The van der Waals surface area contributed by atoms with Gasteiger partial charge in [-0.1, -0.05) is 36.4 Å². The van der Waals surface area contributed by atoms with Crippen LogP contribution in [0.15, 0.2) is 48.5 Å². The number of hydrogen-bond donors (Lipinski definition) is 3. The van der Waals surface area contributed by atoms with Crippen molar-refractivity contribution in [2.45, 2.75) is 36.5 Å². The maximum Gasteiger partial charge on any atom is 0.242 e. The van der Waals surface area contributed by atoms with Crippen LogP contribution in [0.2, 0.25) is 0 Å². The fourth-order valence-electron chi connectivity index (χ4n) is 4.34. The molecule has 1 aromatic heterocycles. The molecule has 5 rings (SSSR count). The first-order chi connectivity index (χ1) is 14.3. The van der Waals surface area contributed by atoms with E-state index in [1.165, 1.54) is 0 Å². The molecule has 30 heavy (non-hydrogen) atoms. The minimum absolute atomic E-state index is 0.0197. The number of fused-ring (bicyclic) bond motifs is 1. The number of amides is 2. The molecule has 2 aromatic carbocycles. The number of para-hydroxylation sites is 2. The van der Waals surface area contributed by atoms with Crippen molar-refractivity contribution in [3.63, 3.8) is 0 Å². The fourth-order valence-corrected chi connectivity index (χ4v) is 5.77. The van der Waals surface area contributed by atoms with E-state index in [0.29, 0.717) is 30.7 Å². The lowest BCUT2D eigenvalue weighted by Crippen LogP contribution is -2.41. The quantitative estimate of drug-likeness (QED) is 0.590. The molecule has 8 nitrogen and oxygen atoms in total. The van der Waals surface area contributed by atoms with E-state index in [9.17, 15) is 18.0 Å². The summed E-state index contributed by atoms with van der Waals surface area (Å²) >= 11 is 0. The highest BCUT2D eigenvalue weighted by molar-refractivity contribution is 7.90. The van der Waals surface area contributed by atoms with Crippen LogP contribution in [0, 0.1) is 0 Å². The highest BCUT2D eigenvalue weighted by atomic mass is 32.2.